The molecule has 0 aliphatic carbocycles. The molecule has 9 heteroatoms. The molecule has 0 spiro atoms. The van der Waals surface area contributed by atoms with Crippen molar-refractivity contribution in [1.82, 2.24) is 15.3 Å². The zero-order valence-electron chi connectivity index (χ0n) is 21.4. The molecule has 0 bridgehead atoms. The van der Waals surface area contributed by atoms with Crippen LogP contribution in [0.5, 0.6) is 11.5 Å². The third-order valence-electron chi connectivity index (χ3n) is 5.94. The standard InChI is InChI=1S/C27H33N3O5.ClH/c1-19(21-16-22(33-3)18-23(17-21)34-4)25(27(32)35-5)24(15-20-9-7-6-8-10-20)26(31)28-30-13-11-29(2)12-14-30;/h6-10,15-18H,11-14H2,1-5H3,(H,28,31);1H/b24-15+,25-19-;. The Labute approximate surface area is 218 Å². The summed E-state index contributed by atoms with van der Waals surface area (Å²) in [5, 5.41) is 1.87. The Kier molecular flexibility index (Phi) is 11.0. The summed E-state index contributed by atoms with van der Waals surface area (Å²) in [6.07, 6.45) is 1.71. The first-order valence-corrected chi connectivity index (χ1v) is 11.4. The molecule has 2 aromatic carbocycles. The number of benzene rings is 2. The van der Waals surface area contributed by atoms with Crippen molar-refractivity contribution >= 4 is 35.9 Å². The van der Waals surface area contributed by atoms with Crippen LogP contribution in [0.3, 0.4) is 0 Å². The number of hydrogen-bond donors (Lipinski definition) is 1. The number of piperazine rings is 1. The van der Waals surface area contributed by atoms with Crippen LogP contribution in [0.2, 0.25) is 0 Å². The molecule has 0 radical (unpaired) electrons. The quantitative estimate of drug-likeness (QED) is 0.328. The summed E-state index contributed by atoms with van der Waals surface area (Å²) in [4.78, 5) is 28.9. The van der Waals surface area contributed by atoms with Crippen molar-refractivity contribution in [2.45, 2.75) is 6.92 Å². The molecule has 1 fully saturated rings. The number of nitrogens with zero attached hydrogens (tertiary/aromatic N) is 2. The number of nitrogens with one attached hydrogen (secondary N) is 1. The lowest BCUT2D eigenvalue weighted by atomic mass is 9.93. The third kappa shape index (κ3) is 7.34. The number of rotatable bonds is 8. The molecule has 1 aliphatic heterocycles. The summed E-state index contributed by atoms with van der Waals surface area (Å²) in [5.74, 6) is 0.143. The Bertz CT molecular complexity index is 1090. The van der Waals surface area contributed by atoms with Crippen molar-refractivity contribution in [3.05, 3.63) is 70.8 Å². The van der Waals surface area contributed by atoms with Gasteiger partial charge in [-0.25, -0.2) is 9.80 Å². The van der Waals surface area contributed by atoms with Gasteiger partial charge in [0.2, 0.25) is 0 Å². The number of methoxy groups -OCH3 is 3. The number of amides is 1. The van der Waals surface area contributed by atoms with E-state index in [-0.39, 0.29) is 29.5 Å². The van der Waals surface area contributed by atoms with Crippen LogP contribution in [-0.2, 0) is 14.3 Å². The van der Waals surface area contributed by atoms with E-state index in [0.29, 0.717) is 35.7 Å². The van der Waals surface area contributed by atoms with E-state index in [0.717, 1.165) is 18.7 Å². The van der Waals surface area contributed by atoms with Crippen LogP contribution in [0.25, 0.3) is 11.6 Å². The van der Waals surface area contributed by atoms with Crippen LogP contribution >= 0.6 is 12.4 Å². The van der Waals surface area contributed by atoms with Gasteiger partial charge >= 0.3 is 5.97 Å². The van der Waals surface area contributed by atoms with Gasteiger partial charge in [-0.2, -0.15) is 0 Å². The van der Waals surface area contributed by atoms with Crippen molar-refractivity contribution in [3.8, 4) is 11.5 Å². The predicted octanol–water partition coefficient (Wildman–Crippen LogP) is 3.43. The van der Waals surface area contributed by atoms with Crippen molar-refractivity contribution in [3.63, 3.8) is 0 Å². The van der Waals surface area contributed by atoms with E-state index in [1.807, 2.05) is 42.4 Å². The number of allylic oxidation sites excluding steroid dienone is 1. The summed E-state index contributed by atoms with van der Waals surface area (Å²) in [6, 6.07) is 14.7. The molecular formula is C27H34ClN3O5. The Morgan fingerprint density at radius 3 is 2.03 bits per heavy atom. The highest BCUT2D eigenvalue weighted by Gasteiger charge is 2.27. The van der Waals surface area contributed by atoms with E-state index in [1.54, 1.807) is 45.4 Å². The van der Waals surface area contributed by atoms with Crippen LogP contribution in [-0.4, -0.2) is 76.3 Å². The van der Waals surface area contributed by atoms with Crippen LogP contribution in [0.4, 0.5) is 0 Å². The molecule has 2 aromatic rings. The van der Waals surface area contributed by atoms with Gasteiger partial charge in [0.1, 0.15) is 11.5 Å². The average Bonchev–Trinajstić information content (AvgIpc) is 2.89. The minimum Gasteiger partial charge on any atom is -0.497 e. The Balaban J connectivity index is 0.00000456. The van der Waals surface area contributed by atoms with Crippen molar-refractivity contribution in [1.29, 1.82) is 0 Å². The normalized spacial score (nSPS) is 15.3. The fourth-order valence-electron chi connectivity index (χ4n) is 3.82. The van der Waals surface area contributed by atoms with Crippen LogP contribution in [0.15, 0.2) is 59.7 Å². The summed E-state index contributed by atoms with van der Waals surface area (Å²) in [6.45, 7) is 4.82. The average molecular weight is 516 g/mol. The maximum Gasteiger partial charge on any atom is 0.338 e. The number of carbonyl (C=O) groups excluding carboxylic acids is 2. The molecule has 1 amide bonds. The first-order valence-electron chi connectivity index (χ1n) is 11.4. The fourth-order valence-corrected chi connectivity index (χ4v) is 3.82. The summed E-state index contributed by atoms with van der Waals surface area (Å²) in [7, 11) is 6.47. The summed E-state index contributed by atoms with van der Waals surface area (Å²) < 4.78 is 15.9. The van der Waals surface area contributed by atoms with Gasteiger partial charge in [0.25, 0.3) is 5.91 Å². The fraction of sp³-hybridized carbons (Fsp3) is 0.333. The zero-order valence-corrected chi connectivity index (χ0v) is 22.2. The van der Waals surface area contributed by atoms with Gasteiger partial charge in [-0.3, -0.25) is 10.2 Å². The number of halogens is 1. The predicted molar refractivity (Wildman–Crippen MR) is 143 cm³/mol. The Morgan fingerprint density at radius 1 is 0.917 bits per heavy atom. The number of hydrazine groups is 1. The highest BCUT2D eigenvalue weighted by molar-refractivity contribution is 6.16. The molecule has 0 unspecified atom stereocenters. The zero-order chi connectivity index (χ0) is 25.4. The number of hydrogen-bond acceptors (Lipinski definition) is 7. The smallest absolute Gasteiger partial charge is 0.338 e. The first-order chi connectivity index (χ1) is 16.9. The van der Waals surface area contributed by atoms with Gasteiger partial charge in [0, 0.05) is 32.2 Å². The van der Waals surface area contributed by atoms with Crippen molar-refractivity contribution in [2.24, 2.45) is 0 Å². The van der Waals surface area contributed by atoms with E-state index in [9.17, 15) is 9.59 Å². The molecular weight excluding hydrogens is 482 g/mol. The van der Waals surface area contributed by atoms with Crippen LogP contribution < -0.4 is 14.9 Å². The molecule has 1 aliphatic rings. The second-order valence-electron chi connectivity index (χ2n) is 8.29. The molecule has 0 atom stereocenters. The Hall–Kier alpha value is -3.33. The van der Waals surface area contributed by atoms with E-state index < -0.39 is 5.97 Å². The minimum atomic E-state index is -0.611. The number of carbonyl (C=O) groups is 2. The molecule has 1 saturated heterocycles. The van der Waals surface area contributed by atoms with Gasteiger partial charge < -0.3 is 19.1 Å². The van der Waals surface area contributed by atoms with Gasteiger partial charge in [0.15, 0.2) is 0 Å². The largest absolute Gasteiger partial charge is 0.497 e. The highest BCUT2D eigenvalue weighted by Crippen LogP contribution is 2.32. The SMILES string of the molecule is COC(=O)C(=C(/C)c1cc(OC)cc(OC)c1)/C(=C\c1ccccc1)C(=O)NN1CCN(C)CC1.Cl. The second-order valence-corrected chi connectivity index (χ2v) is 8.29. The van der Waals surface area contributed by atoms with Gasteiger partial charge in [-0.1, -0.05) is 30.3 Å². The summed E-state index contributed by atoms with van der Waals surface area (Å²) >= 11 is 0. The second kappa shape index (κ2) is 13.7. The minimum absolute atomic E-state index is 0. The molecule has 194 valence electrons. The van der Waals surface area contributed by atoms with Gasteiger partial charge in [0.05, 0.1) is 32.5 Å². The molecule has 1 heterocycles. The van der Waals surface area contributed by atoms with E-state index in [1.165, 1.54) is 7.11 Å². The third-order valence-corrected chi connectivity index (χ3v) is 5.94. The lowest BCUT2D eigenvalue weighted by Gasteiger charge is -2.32. The molecule has 0 aromatic heterocycles. The monoisotopic (exact) mass is 515 g/mol. The maximum absolute atomic E-state index is 13.6. The lowest BCUT2D eigenvalue weighted by molar-refractivity contribution is -0.136. The topological polar surface area (TPSA) is 80.3 Å². The van der Waals surface area contributed by atoms with E-state index in [2.05, 4.69) is 10.3 Å². The number of ether oxygens (including phenoxy) is 3. The maximum atomic E-state index is 13.6. The molecule has 8 nitrogen and oxygen atoms in total. The van der Waals surface area contributed by atoms with E-state index >= 15 is 0 Å². The van der Waals surface area contributed by atoms with E-state index in [4.69, 9.17) is 14.2 Å². The highest BCUT2D eigenvalue weighted by atomic mass is 35.5. The Morgan fingerprint density at radius 2 is 1.50 bits per heavy atom. The molecule has 1 N–H and O–H groups in total. The van der Waals surface area contributed by atoms with Crippen molar-refractivity contribution in [2.75, 3.05) is 54.6 Å². The lowest BCUT2D eigenvalue weighted by Crippen LogP contribution is -2.53. The van der Waals surface area contributed by atoms with Crippen LogP contribution in [0, 0.1) is 0 Å². The molecule has 36 heavy (non-hydrogen) atoms. The summed E-state index contributed by atoms with van der Waals surface area (Å²) in [5.41, 5.74) is 5.37. The molecule has 0 saturated carbocycles. The number of esters is 1. The van der Waals surface area contributed by atoms with Crippen molar-refractivity contribution < 1.29 is 23.8 Å². The van der Waals surface area contributed by atoms with Gasteiger partial charge in [-0.15, -0.1) is 12.4 Å². The molecule has 3 rings (SSSR count). The van der Waals surface area contributed by atoms with Crippen LogP contribution in [0.1, 0.15) is 18.1 Å². The number of likely N-dealkylation sites (N-methyl/N-ethyl adjacent to an activating group) is 1. The van der Waals surface area contributed by atoms with Gasteiger partial charge in [-0.05, 0) is 48.9 Å². The first kappa shape index (κ1) is 28.9.